The molecule has 3 heterocycles. The first-order valence-electron chi connectivity index (χ1n) is 17.1. The topological polar surface area (TPSA) is 90.4 Å². The lowest BCUT2D eigenvalue weighted by Crippen LogP contribution is -2.57. The number of unbranched alkanes of at least 4 members (excludes halogenated alkanes) is 3. The fourth-order valence-corrected chi connectivity index (χ4v) is 11.9. The Kier molecular flexibility index (Phi) is 12.0. The molecule has 4 fully saturated rings. The number of thioether (sulfide) groups is 1. The van der Waals surface area contributed by atoms with Gasteiger partial charge in [0.25, 0.3) is 0 Å². The predicted molar refractivity (Wildman–Crippen MR) is 188 cm³/mol. The molecule has 1 aromatic rings. The van der Waals surface area contributed by atoms with Crippen LogP contribution < -0.4 is 9.64 Å². The van der Waals surface area contributed by atoms with Gasteiger partial charge in [0.05, 0.1) is 23.2 Å². The number of hydrogen-bond donors (Lipinski definition) is 1. The zero-order valence-electron chi connectivity index (χ0n) is 27.2. The Balaban J connectivity index is 1.50. The normalized spacial score (nSPS) is 28.6. The minimum absolute atomic E-state index is 0.00347. The SMILES string of the molecule is C=CCN(C(=O)[C@H]1[C@@H]2SC3(CC2Br)C(C(=O)N(CC=C)C2CCCCC2)N(CCCCCCO)C(=O)[C@H]13)c1ccc(OCC)cc1. The zero-order chi connectivity index (χ0) is 32.8. The first-order chi connectivity index (χ1) is 22.3. The third-order valence-corrected chi connectivity index (χ3v) is 13.5. The van der Waals surface area contributed by atoms with Gasteiger partial charge in [-0.2, -0.15) is 0 Å². The van der Waals surface area contributed by atoms with E-state index in [-0.39, 0.29) is 40.4 Å². The number of benzene rings is 1. The maximum atomic E-state index is 14.9. The number of fused-ring (bicyclic) bond motifs is 1. The molecule has 3 unspecified atom stereocenters. The van der Waals surface area contributed by atoms with Crippen LogP contribution in [0.1, 0.15) is 71.1 Å². The summed E-state index contributed by atoms with van der Waals surface area (Å²) in [5.74, 6) is -0.580. The summed E-state index contributed by atoms with van der Waals surface area (Å²) in [7, 11) is 0. The Morgan fingerprint density at radius 1 is 1.07 bits per heavy atom. The van der Waals surface area contributed by atoms with E-state index in [1.54, 1.807) is 28.8 Å². The van der Waals surface area contributed by atoms with Crippen molar-refractivity contribution in [3.05, 3.63) is 49.6 Å². The molecule has 8 nitrogen and oxygen atoms in total. The third-order valence-electron chi connectivity index (χ3n) is 10.3. The molecule has 0 aromatic heterocycles. The Labute approximate surface area is 287 Å². The van der Waals surface area contributed by atoms with E-state index in [1.165, 1.54) is 6.42 Å². The van der Waals surface area contributed by atoms with Gasteiger partial charge in [-0.25, -0.2) is 0 Å². The number of halogens is 1. The lowest BCUT2D eigenvalue weighted by molar-refractivity contribution is -0.144. The Hall–Kier alpha value is -2.30. The second-order valence-electron chi connectivity index (χ2n) is 13.1. The molecule has 1 saturated carbocycles. The van der Waals surface area contributed by atoms with Crippen molar-refractivity contribution in [1.29, 1.82) is 0 Å². The number of alkyl halides is 1. The summed E-state index contributed by atoms with van der Waals surface area (Å²) < 4.78 is 4.94. The Morgan fingerprint density at radius 3 is 2.41 bits per heavy atom. The van der Waals surface area contributed by atoms with Gasteiger partial charge in [0.2, 0.25) is 17.7 Å². The molecule has 6 atom stereocenters. The van der Waals surface area contributed by atoms with Crippen molar-refractivity contribution in [2.75, 3.05) is 37.7 Å². The van der Waals surface area contributed by atoms with Crippen molar-refractivity contribution in [2.45, 2.75) is 98.0 Å². The average molecular weight is 717 g/mol. The quantitative estimate of drug-likeness (QED) is 0.129. The fourth-order valence-electron chi connectivity index (χ4n) is 8.31. The van der Waals surface area contributed by atoms with Gasteiger partial charge in [0.1, 0.15) is 11.8 Å². The van der Waals surface area contributed by atoms with E-state index >= 15 is 0 Å². The van der Waals surface area contributed by atoms with Crippen molar-refractivity contribution < 1.29 is 24.2 Å². The van der Waals surface area contributed by atoms with Crippen molar-refractivity contribution in [2.24, 2.45) is 11.8 Å². The summed E-state index contributed by atoms with van der Waals surface area (Å²) in [5, 5.41) is 9.16. The van der Waals surface area contributed by atoms with Crippen molar-refractivity contribution in [3.63, 3.8) is 0 Å². The van der Waals surface area contributed by atoms with Crippen LogP contribution in [0.25, 0.3) is 0 Å². The Morgan fingerprint density at radius 2 is 1.76 bits per heavy atom. The van der Waals surface area contributed by atoms with Crippen LogP contribution in [0.3, 0.4) is 0 Å². The van der Waals surface area contributed by atoms with Gasteiger partial charge in [-0.15, -0.1) is 24.9 Å². The molecule has 46 heavy (non-hydrogen) atoms. The maximum absolute atomic E-state index is 14.9. The van der Waals surface area contributed by atoms with Crippen molar-refractivity contribution in [1.82, 2.24) is 9.80 Å². The van der Waals surface area contributed by atoms with Gasteiger partial charge in [-0.3, -0.25) is 14.4 Å². The van der Waals surface area contributed by atoms with E-state index < -0.39 is 22.6 Å². The van der Waals surface area contributed by atoms with Crippen LogP contribution in [0.4, 0.5) is 5.69 Å². The van der Waals surface area contributed by atoms with Gasteiger partial charge in [0.15, 0.2) is 0 Å². The smallest absolute Gasteiger partial charge is 0.247 e. The molecule has 3 amide bonds. The second-order valence-corrected chi connectivity index (χ2v) is 15.8. The van der Waals surface area contributed by atoms with Crippen LogP contribution in [-0.4, -0.2) is 92.4 Å². The molecule has 252 valence electrons. The van der Waals surface area contributed by atoms with E-state index in [1.807, 2.05) is 41.0 Å². The molecule has 1 aliphatic carbocycles. The number of carbonyl (C=O) groups excluding carboxylic acids is 3. The molecule has 3 aliphatic heterocycles. The fraction of sp³-hybridized carbons (Fsp3) is 0.639. The zero-order valence-corrected chi connectivity index (χ0v) is 29.6. The molecule has 4 aliphatic rings. The lowest BCUT2D eigenvalue weighted by Gasteiger charge is -2.41. The molecular formula is C36H50BrN3O5S. The standard InChI is InChI=1S/C36H50BrN3O5S/c1-4-20-38(26-16-18-27(19-17-26)45-6-3)33(42)29-30-34(43)40(22-12-7-8-13-23-41)32(36(30)24-28(37)31(29)46-36)35(44)39(21-5-2)25-14-10-9-11-15-25/h4-5,16-19,25,28-32,41H,1-2,6-15,20-24H2,3H3/t28?,29-,30+,31-,32?,36?/m1/s1. The lowest BCUT2D eigenvalue weighted by atomic mass is 9.70. The summed E-state index contributed by atoms with van der Waals surface area (Å²) in [6, 6.07) is 7.00. The third kappa shape index (κ3) is 6.68. The maximum Gasteiger partial charge on any atom is 0.247 e. The molecule has 1 spiro atoms. The van der Waals surface area contributed by atoms with Crippen LogP contribution in [-0.2, 0) is 14.4 Å². The average Bonchev–Trinajstić information content (AvgIpc) is 3.66. The molecule has 0 radical (unpaired) electrons. The number of carbonyl (C=O) groups is 3. The molecule has 5 rings (SSSR count). The van der Waals surface area contributed by atoms with E-state index in [0.29, 0.717) is 32.7 Å². The van der Waals surface area contributed by atoms with E-state index in [9.17, 15) is 19.5 Å². The Bertz CT molecular complexity index is 1260. The number of aliphatic hydroxyl groups is 1. The number of anilines is 1. The highest BCUT2D eigenvalue weighted by Crippen LogP contribution is 2.68. The van der Waals surface area contributed by atoms with Gasteiger partial charge in [-0.05, 0) is 63.3 Å². The van der Waals surface area contributed by atoms with Gasteiger partial charge >= 0.3 is 0 Å². The molecule has 10 heteroatoms. The predicted octanol–water partition coefficient (Wildman–Crippen LogP) is 5.97. The van der Waals surface area contributed by atoms with Crippen LogP contribution in [0.15, 0.2) is 49.6 Å². The molecule has 3 saturated heterocycles. The van der Waals surface area contributed by atoms with Crippen molar-refractivity contribution >= 4 is 51.1 Å². The number of amides is 3. The largest absolute Gasteiger partial charge is 0.494 e. The molecule has 2 bridgehead atoms. The molecule has 1 aromatic carbocycles. The number of likely N-dealkylation sites (tertiary alicyclic amines) is 1. The van der Waals surface area contributed by atoms with E-state index in [2.05, 4.69) is 29.1 Å². The highest BCUT2D eigenvalue weighted by atomic mass is 79.9. The number of ether oxygens (including phenoxy) is 1. The van der Waals surface area contributed by atoms with E-state index in [0.717, 1.165) is 62.8 Å². The first kappa shape index (κ1) is 35.0. The number of hydrogen-bond acceptors (Lipinski definition) is 6. The summed E-state index contributed by atoms with van der Waals surface area (Å²) in [5.41, 5.74) is 0.731. The molecular weight excluding hydrogens is 666 g/mol. The highest BCUT2D eigenvalue weighted by Gasteiger charge is 2.76. The van der Waals surface area contributed by atoms with Crippen LogP contribution in [0.5, 0.6) is 5.75 Å². The first-order valence-corrected chi connectivity index (χ1v) is 18.9. The molecule has 1 N–H and O–H groups in total. The van der Waals surface area contributed by atoms with Gasteiger partial charge < -0.3 is 24.5 Å². The number of rotatable bonds is 16. The van der Waals surface area contributed by atoms with Crippen molar-refractivity contribution in [3.8, 4) is 5.75 Å². The summed E-state index contributed by atoms with van der Waals surface area (Å²) in [4.78, 5) is 49.8. The highest BCUT2D eigenvalue weighted by molar-refractivity contribution is 9.09. The summed E-state index contributed by atoms with van der Waals surface area (Å²) in [6.45, 7) is 11.8. The number of aliphatic hydroxyl groups excluding tert-OH is 1. The van der Waals surface area contributed by atoms with E-state index in [4.69, 9.17) is 4.74 Å². The van der Waals surface area contributed by atoms with Crippen LogP contribution >= 0.6 is 27.7 Å². The van der Waals surface area contributed by atoms with Gasteiger partial charge in [-0.1, -0.05) is 60.2 Å². The number of nitrogens with zero attached hydrogens (tertiary/aromatic N) is 3. The van der Waals surface area contributed by atoms with Crippen LogP contribution in [0.2, 0.25) is 0 Å². The summed E-state index contributed by atoms with van der Waals surface area (Å²) >= 11 is 5.62. The minimum atomic E-state index is -0.689. The second kappa shape index (κ2) is 15.7. The van der Waals surface area contributed by atoms with Gasteiger partial charge in [0, 0.05) is 48.0 Å². The van der Waals surface area contributed by atoms with Crippen LogP contribution in [0, 0.1) is 11.8 Å². The monoisotopic (exact) mass is 715 g/mol. The summed E-state index contributed by atoms with van der Waals surface area (Å²) in [6.07, 6.45) is 12.7. The minimum Gasteiger partial charge on any atom is -0.494 e.